The summed E-state index contributed by atoms with van der Waals surface area (Å²) in [5.74, 6) is 0.541. The van der Waals surface area contributed by atoms with E-state index in [1.807, 2.05) is 18.7 Å². The second-order valence-electron chi connectivity index (χ2n) is 7.71. The lowest BCUT2D eigenvalue weighted by atomic mass is 10.2. The molecule has 1 aliphatic rings. The lowest BCUT2D eigenvalue weighted by Gasteiger charge is -2.35. The second kappa shape index (κ2) is 8.84. The normalized spacial score (nSPS) is 20.1. The highest BCUT2D eigenvalue weighted by atomic mass is 35.5. The van der Waals surface area contributed by atoms with Gasteiger partial charge < -0.3 is 9.64 Å². The Hall–Kier alpha value is -1.57. The summed E-state index contributed by atoms with van der Waals surface area (Å²) in [5, 5.41) is 1.62. The van der Waals surface area contributed by atoms with E-state index < -0.39 is 0 Å². The van der Waals surface area contributed by atoms with Gasteiger partial charge in [-0.15, -0.1) is 0 Å². The number of amides is 1. The molecule has 28 heavy (non-hydrogen) atoms. The maximum Gasteiger partial charge on any atom is 0.262 e. The Kier molecular flexibility index (Phi) is 6.68. The Labute approximate surface area is 174 Å². The van der Waals surface area contributed by atoms with Crippen LogP contribution in [0.5, 0.6) is 0 Å². The first-order valence-corrected chi connectivity index (χ1v) is 10.9. The number of aromatic nitrogens is 2. The van der Waals surface area contributed by atoms with Crippen molar-refractivity contribution in [2.45, 2.75) is 51.6 Å². The van der Waals surface area contributed by atoms with Crippen molar-refractivity contribution in [1.82, 2.24) is 14.5 Å². The quantitative estimate of drug-likeness (QED) is 0.544. The molecule has 6 nitrogen and oxygen atoms in total. The third-order valence-electron chi connectivity index (χ3n) is 4.53. The maximum atomic E-state index is 13.0. The van der Waals surface area contributed by atoms with Crippen LogP contribution in [0.25, 0.3) is 10.9 Å². The Bertz CT molecular complexity index is 921. The molecular weight excluding hydrogens is 398 g/mol. The summed E-state index contributed by atoms with van der Waals surface area (Å²) in [4.78, 5) is 32.2. The number of rotatable bonds is 5. The number of ether oxygens (including phenoxy) is 1. The van der Waals surface area contributed by atoms with Gasteiger partial charge in [0.2, 0.25) is 5.91 Å². The number of morpholine rings is 1. The largest absolute Gasteiger partial charge is 0.372 e. The van der Waals surface area contributed by atoms with Crippen LogP contribution < -0.4 is 5.56 Å². The molecule has 1 fully saturated rings. The Morgan fingerprint density at radius 3 is 2.64 bits per heavy atom. The summed E-state index contributed by atoms with van der Waals surface area (Å²) in [7, 11) is 0. The average molecular weight is 424 g/mol. The van der Waals surface area contributed by atoms with Gasteiger partial charge in [0.15, 0.2) is 5.16 Å². The molecule has 0 unspecified atom stereocenters. The van der Waals surface area contributed by atoms with E-state index in [9.17, 15) is 9.59 Å². The van der Waals surface area contributed by atoms with E-state index in [4.69, 9.17) is 16.3 Å². The molecule has 2 atom stereocenters. The fourth-order valence-corrected chi connectivity index (χ4v) is 4.49. The standard InChI is InChI=1S/C20H26ClN3O3S/c1-12(2)8-24-19(26)16-6-5-15(21)7-17(16)22-20(24)28-11-18(25)23-9-13(3)27-14(4)10-23/h5-7,12-14H,8-11H2,1-4H3/t13-,14+. The van der Waals surface area contributed by atoms with Crippen molar-refractivity contribution in [2.75, 3.05) is 18.8 Å². The number of carbonyl (C=O) groups excluding carboxylic acids is 1. The molecule has 152 valence electrons. The van der Waals surface area contributed by atoms with Crippen molar-refractivity contribution in [1.29, 1.82) is 0 Å². The van der Waals surface area contributed by atoms with Crippen molar-refractivity contribution < 1.29 is 9.53 Å². The molecule has 0 bridgehead atoms. The molecular formula is C20H26ClN3O3S. The predicted octanol–water partition coefficient (Wildman–Crippen LogP) is 3.43. The first-order valence-electron chi connectivity index (χ1n) is 9.50. The molecule has 0 aliphatic carbocycles. The summed E-state index contributed by atoms with van der Waals surface area (Å²) in [6, 6.07) is 5.10. The fourth-order valence-electron chi connectivity index (χ4n) is 3.41. The zero-order valence-electron chi connectivity index (χ0n) is 16.6. The molecule has 1 aromatic carbocycles. The molecule has 2 aromatic rings. The summed E-state index contributed by atoms with van der Waals surface area (Å²) in [6.45, 7) is 9.76. The SMILES string of the molecule is CC(C)Cn1c(SCC(=O)N2C[C@@H](C)O[C@@H](C)C2)nc2cc(Cl)ccc2c1=O. The lowest BCUT2D eigenvalue weighted by Crippen LogP contribution is -2.48. The number of hydrogen-bond donors (Lipinski definition) is 0. The summed E-state index contributed by atoms with van der Waals surface area (Å²) >= 11 is 7.38. The van der Waals surface area contributed by atoms with Gasteiger partial charge in [-0.25, -0.2) is 4.98 Å². The highest BCUT2D eigenvalue weighted by Crippen LogP contribution is 2.22. The van der Waals surface area contributed by atoms with E-state index in [2.05, 4.69) is 18.8 Å². The monoisotopic (exact) mass is 423 g/mol. The molecule has 1 aromatic heterocycles. The highest BCUT2D eigenvalue weighted by Gasteiger charge is 2.26. The third kappa shape index (κ3) is 4.88. The zero-order valence-corrected chi connectivity index (χ0v) is 18.2. The van der Waals surface area contributed by atoms with E-state index in [-0.39, 0.29) is 35.3 Å². The van der Waals surface area contributed by atoms with Crippen molar-refractivity contribution in [2.24, 2.45) is 5.92 Å². The van der Waals surface area contributed by atoms with Gasteiger partial charge in [-0.3, -0.25) is 14.2 Å². The summed E-state index contributed by atoms with van der Waals surface area (Å²) in [6.07, 6.45) is 0.0514. The Morgan fingerprint density at radius 2 is 2.00 bits per heavy atom. The number of carbonyl (C=O) groups is 1. The lowest BCUT2D eigenvalue weighted by molar-refractivity contribution is -0.140. The summed E-state index contributed by atoms with van der Waals surface area (Å²) in [5.41, 5.74) is 0.458. The Balaban J connectivity index is 1.86. The van der Waals surface area contributed by atoms with Crippen molar-refractivity contribution in [3.63, 3.8) is 0 Å². The first kappa shape index (κ1) is 21.1. The van der Waals surface area contributed by atoms with Crippen LogP contribution >= 0.6 is 23.4 Å². The molecule has 1 saturated heterocycles. The van der Waals surface area contributed by atoms with E-state index in [1.54, 1.807) is 22.8 Å². The van der Waals surface area contributed by atoms with Crippen LogP contribution in [0.1, 0.15) is 27.7 Å². The van der Waals surface area contributed by atoms with Crippen LogP contribution in [0.3, 0.4) is 0 Å². The predicted molar refractivity (Wildman–Crippen MR) is 113 cm³/mol. The van der Waals surface area contributed by atoms with Crippen LogP contribution in [0.2, 0.25) is 5.02 Å². The smallest absolute Gasteiger partial charge is 0.262 e. The molecule has 2 heterocycles. The van der Waals surface area contributed by atoms with Crippen LogP contribution in [0.4, 0.5) is 0 Å². The molecule has 0 radical (unpaired) electrons. The van der Waals surface area contributed by atoms with E-state index in [0.29, 0.717) is 40.7 Å². The Morgan fingerprint density at radius 1 is 1.32 bits per heavy atom. The highest BCUT2D eigenvalue weighted by molar-refractivity contribution is 7.99. The number of nitrogens with zero attached hydrogens (tertiary/aromatic N) is 3. The molecule has 0 spiro atoms. The third-order valence-corrected chi connectivity index (χ3v) is 5.72. The van der Waals surface area contributed by atoms with E-state index in [1.165, 1.54) is 11.8 Å². The van der Waals surface area contributed by atoms with E-state index >= 15 is 0 Å². The van der Waals surface area contributed by atoms with Gasteiger partial charge in [-0.1, -0.05) is 37.2 Å². The summed E-state index contributed by atoms with van der Waals surface area (Å²) < 4.78 is 7.37. The van der Waals surface area contributed by atoms with Gasteiger partial charge in [-0.2, -0.15) is 0 Å². The number of halogens is 1. The average Bonchev–Trinajstić information content (AvgIpc) is 2.61. The topological polar surface area (TPSA) is 64.4 Å². The second-order valence-corrected chi connectivity index (χ2v) is 9.09. The first-order chi connectivity index (χ1) is 13.2. The molecule has 1 amide bonds. The molecule has 3 rings (SSSR count). The van der Waals surface area contributed by atoms with Gasteiger partial charge in [0, 0.05) is 24.7 Å². The van der Waals surface area contributed by atoms with Crippen LogP contribution in [0, 0.1) is 5.92 Å². The van der Waals surface area contributed by atoms with Gasteiger partial charge in [0.25, 0.3) is 5.56 Å². The number of thioether (sulfide) groups is 1. The number of benzene rings is 1. The zero-order chi connectivity index (χ0) is 20.4. The van der Waals surface area contributed by atoms with Gasteiger partial charge >= 0.3 is 0 Å². The molecule has 0 saturated carbocycles. The fraction of sp³-hybridized carbons (Fsp3) is 0.550. The van der Waals surface area contributed by atoms with Gasteiger partial charge in [-0.05, 0) is 38.0 Å². The van der Waals surface area contributed by atoms with Crippen molar-refractivity contribution in [3.8, 4) is 0 Å². The molecule has 0 N–H and O–H groups in total. The van der Waals surface area contributed by atoms with Crippen molar-refractivity contribution >= 4 is 40.2 Å². The minimum Gasteiger partial charge on any atom is -0.372 e. The number of hydrogen-bond acceptors (Lipinski definition) is 5. The molecule has 8 heteroatoms. The van der Waals surface area contributed by atoms with Crippen LogP contribution in [-0.4, -0.2) is 51.4 Å². The number of fused-ring (bicyclic) bond motifs is 1. The van der Waals surface area contributed by atoms with Crippen LogP contribution in [-0.2, 0) is 16.1 Å². The van der Waals surface area contributed by atoms with Gasteiger partial charge in [0.1, 0.15) is 0 Å². The minimum absolute atomic E-state index is 0.0257. The maximum absolute atomic E-state index is 13.0. The van der Waals surface area contributed by atoms with E-state index in [0.717, 1.165) is 0 Å². The van der Waals surface area contributed by atoms with Gasteiger partial charge in [0.05, 0.1) is 28.9 Å². The van der Waals surface area contributed by atoms with Crippen LogP contribution in [0.15, 0.2) is 28.2 Å². The minimum atomic E-state index is -0.0982. The van der Waals surface area contributed by atoms with Crippen molar-refractivity contribution in [3.05, 3.63) is 33.6 Å². The molecule has 1 aliphatic heterocycles.